The normalized spacial score (nSPS) is 10.3. The zero-order chi connectivity index (χ0) is 10.7. The summed E-state index contributed by atoms with van der Waals surface area (Å²) in [7, 11) is 0. The average Bonchev–Trinajstić information content (AvgIpc) is 2.16. The van der Waals surface area contributed by atoms with Crippen molar-refractivity contribution in [2.75, 3.05) is 0 Å². The van der Waals surface area contributed by atoms with Gasteiger partial charge in [-0.2, -0.15) is 5.26 Å². The molecule has 0 saturated carbocycles. The van der Waals surface area contributed by atoms with E-state index in [0.29, 0.717) is 0 Å². The molecular formula is C8H5ClF2N2O. The third-order valence-corrected chi connectivity index (χ3v) is 1.88. The summed E-state index contributed by atoms with van der Waals surface area (Å²) in [6.45, 7) is -0.537. The van der Waals surface area contributed by atoms with Crippen molar-refractivity contribution >= 4 is 11.6 Å². The predicted molar refractivity (Wildman–Crippen MR) is 44.8 cm³/mol. The third-order valence-electron chi connectivity index (χ3n) is 1.56. The molecule has 0 saturated heterocycles. The summed E-state index contributed by atoms with van der Waals surface area (Å²) < 4.78 is 24.6. The lowest BCUT2D eigenvalue weighted by atomic mass is 10.2. The molecule has 0 unspecified atom stereocenters. The Balaban J connectivity index is 3.34. The van der Waals surface area contributed by atoms with Crippen LogP contribution in [0.5, 0.6) is 0 Å². The van der Waals surface area contributed by atoms with Gasteiger partial charge in [0.1, 0.15) is 11.8 Å². The highest BCUT2D eigenvalue weighted by molar-refractivity contribution is 6.31. The molecule has 0 aromatic carbocycles. The number of aromatic nitrogens is 1. The molecule has 0 atom stereocenters. The van der Waals surface area contributed by atoms with Crippen LogP contribution >= 0.6 is 11.6 Å². The van der Waals surface area contributed by atoms with Crippen molar-refractivity contribution in [3.8, 4) is 6.07 Å². The second-order valence-electron chi connectivity index (χ2n) is 2.42. The fraction of sp³-hybridized carbons (Fsp3) is 0.250. The first-order valence-corrected chi connectivity index (χ1v) is 3.96. The molecule has 0 amide bonds. The van der Waals surface area contributed by atoms with Gasteiger partial charge in [-0.3, -0.25) is 0 Å². The van der Waals surface area contributed by atoms with E-state index < -0.39 is 18.7 Å². The summed E-state index contributed by atoms with van der Waals surface area (Å²) >= 11 is 5.57. The van der Waals surface area contributed by atoms with E-state index in [9.17, 15) is 8.78 Å². The van der Waals surface area contributed by atoms with Gasteiger partial charge in [0.2, 0.25) is 0 Å². The number of nitriles is 1. The van der Waals surface area contributed by atoms with Crippen LogP contribution in [0.3, 0.4) is 0 Å². The second-order valence-corrected chi connectivity index (χ2v) is 2.83. The molecule has 0 aliphatic carbocycles. The van der Waals surface area contributed by atoms with E-state index in [2.05, 4.69) is 4.98 Å². The van der Waals surface area contributed by atoms with E-state index in [1.165, 1.54) is 0 Å². The van der Waals surface area contributed by atoms with Gasteiger partial charge in [0.05, 0.1) is 22.9 Å². The van der Waals surface area contributed by atoms with E-state index in [0.717, 1.165) is 6.07 Å². The molecule has 74 valence electrons. The van der Waals surface area contributed by atoms with E-state index in [1.54, 1.807) is 6.07 Å². The van der Waals surface area contributed by atoms with Crippen LogP contribution in [0, 0.1) is 11.3 Å². The van der Waals surface area contributed by atoms with Gasteiger partial charge in [0.15, 0.2) is 0 Å². The van der Waals surface area contributed by atoms with E-state index in [-0.39, 0.29) is 16.3 Å². The summed E-state index contributed by atoms with van der Waals surface area (Å²) in [6.07, 6.45) is -2.85. The van der Waals surface area contributed by atoms with Gasteiger partial charge in [-0.15, -0.1) is 0 Å². The third kappa shape index (κ3) is 1.97. The van der Waals surface area contributed by atoms with Crippen LogP contribution in [-0.4, -0.2) is 10.1 Å². The number of rotatable bonds is 2. The molecule has 1 N–H and O–H groups in total. The SMILES string of the molecule is N#Cc1cc(Cl)c(CO)nc1C(F)F. The van der Waals surface area contributed by atoms with Crippen LogP contribution in [0.1, 0.15) is 23.4 Å². The quantitative estimate of drug-likeness (QED) is 0.826. The van der Waals surface area contributed by atoms with Gasteiger partial charge in [-0.25, -0.2) is 13.8 Å². The van der Waals surface area contributed by atoms with E-state index in [4.69, 9.17) is 22.0 Å². The van der Waals surface area contributed by atoms with Gasteiger partial charge in [0.25, 0.3) is 6.43 Å². The molecule has 14 heavy (non-hydrogen) atoms. The lowest BCUT2D eigenvalue weighted by molar-refractivity contribution is 0.145. The molecule has 0 fully saturated rings. The van der Waals surface area contributed by atoms with Crippen molar-refractivity contribution < 1.29 is 13.9 Å². The molecule has 0 aliphatic rings. The molecule has 1 rings (SSSR count). The van der Waals surface area contributed by atoms with E-state index in [1.807, 2.05) is 0 Å². The number of aliphatic hydroxyl groups is 1. The van der Waals surface area contributed by atoms with Crippen molar-refractivity contribution in [2.45, 2.75) is 13.0 Å². The largest absolute Gasteiger partial charge is 0.390 e. The van der Waals surface area contributed by atoms with Crippen molar-refractivity contribution in [3.05, 3.63) is 28.0 Å². The minimum absolute atomic E-state index is 0.00782. The molecule has 0 aliphatic heterocycles. The Morgan fingerprint density at radius 2 is 2.29 bits per heavy atom. The maximum atomic E-state index is 12.3. The van der Waals surface area contributed by atoms with E-state index >= 15 is 0 Å². The first kappa shape index (κ1) is 10.8. The smallest absolute Gasteiger partial charge is 0.281 e. The van der Waals surface area contributed by atoms with Gasteiger partial charge < -0.3 is 5.11 Å². The highest BCUT2D eigenvalue weighted by Gasteiger charge is 2.17. The van der Waals surface area contributed by atoms with Gasteiger partial charge in [0, 0.05) is 0 Å². The highest BCUT2D eigenvalue weighted by Crippen LogP contribution is 2.25. The first-order valence-electron chi connectivity index (χ1n) is 3.58. The summed E-state index contributed by atoms with van der Waals surface area (Å²) in [4.78, 5) is 3.41. The molecular weight excluding hydrogens is 214 g/mol. The Morgan fingerprint density at radius 1 is 1.64 bits per heavy atom. The molecule has 0 spiro atoms. The molecule has 1 heterocycles. The second kappa shape index (κ2) is 4.31. The highest BCUT2D eigenvalue weighted by atomic mass is 35.5. The zero-order valence-corrected chi connectivity index (χ0v) is 7.59. The summed E-state index contributed by atoms with van der Waals surface area (Å²) in [5.41, 5.74) is -0.982. The van der Waals surface area contributed by atoms with Crippen LogP contribution in [-0.2, 0) is 6.61 Å². The minimum atomic E-state index is -2.85. The van der Waals surface area contributed by atoms with Gasteiger partial charge >= 0.3 is 0 Å². The average molecular weight is 219 g/mol. The van der Waals surface area contributed by atoms with Crippen molar-refractivity contribution in [2.24, 2.45) is 0 Å². The minimum Gasteiger partial charge on any atom is -0.390 e. The summed E-state index contributed by atoms with van der Waals surface area (Å²) in [6, 6.07) is 2.63. The monoisotopic (exact) mass is 218 g/mol. The topological polar surface area (TPSA) is 56.9 Å². The molecule has 0 bridgehead atoms. The number of hydrogen-bond acceptors (Lipinski definition) is 3. The molecule has 1 aromatic heterocycles. The maximum absolute atomic E-state index is 12.3. The van der Waals surface area contributed by atoms with Crippen molar-refractivity contribution in [1.29, 1.82) is 5.26 Å². The fourth-order valence-electron chi connectivity index (χ4n) is 0.910. The number of hydrogen-bond donors (Lipinski definition) is 1. The number of alkyl halides is 2. The first-order chi connectivity index (χ1) is 6.60. The summed E-state index contributed by atoms with van der Waals surface area (Å²) in [5, 5.41) is 17.2. The fourth-order valence-corrected chi connectivity index (χ4v) is 1.12. The lowest BCUT2D eigenvalue weighted by Gasteiger charge is -2.05. The Kier molecular flexibility index (Phi) is 3.33. The molecule has 0 radical (unpaired) electrons. The molecule has 1 aromatic rings. The van der Waals surface area contributed by atoms with Gasteiger partial charge in [-0.05, 0) is 6.07 Å². The van der Waals surface area contributed by atoms with Crippen LogP contribution in [0.25, 0.3) is 0 Å². The van der Waals surface area contributed by atoms with Gasteiger partial charge in [-0.1, -0.05) is 11.6 Å². The summed E-state index contributed by atoms with van der Waals surface area (Å²) in [5.74, 6) is 0. The van der Waals surface area contributed by atoms with Crippen LogP contribution in [0.4, 0.5) is 8.78 Å². The number of pyridine rings is 1. The Hall–Kier alpha value is -1.25. The molecule has 3 nitrogen and oxygen atoms in total. The number of halogens is 3. The lowest BCUT2D eigenvalue weighted by Crippen LogP contribution is -2.01. The number of nitrogens with zero attached hydrogens (tertiary/aromatic N) is 2. The maximum Gasteiger partial charge on any atom is 0.281 e. The predicted octanol–water partition coefficient (Wildman–Crippen LogP) is 2.04. The standard InChI is InChI=1S/C8H5ClF2N2O/c9-5-1-4(2-12)7(8(10)11)13-6(5)3-14/h1,8,14H,3H2. The van der Waals surface area contributed by atoms with Crippen molar-refractivity contribution in [1.82, 2.24) is 4.98 Å². The van der Waals surface area contributed by atoms with Crippen LogP contribution in [0.15, 0.2) is 6.07 Å². The molecule has 6 heteroatoms. The Morgan fingerprint density at radius 3 is 2.71 bits per heavy atom. The Bertz CT molecular complexity index is 390. The van der Waals surface area contributed by atoms with Crippen molar-refractivity contribution in [3.63, 3.8) is 0 Å². The zero-order valence-electron chi connectivity index (χ0n) is 6.84. The Labute approximate surface area is 83.6 Å². The number of aliphatic hydroxyl groups excluding tert-OH is 1. The van der Waals surface area contributed by atoms with Crippen LogP contribution in [0.2, 0.25) is 5.02 Å². The van der Waals surface area contributed by atoms with Crippen LogP contribution < -0.4 is 0 Å².